The second kappa shape index (κ2) is 7.16. The molecule has 3 nitrogen and oxygen atoms in total. The normalized spacial score (nSPS) is 17.6. The van der Waals surface area contributed by atoms with Crippen LogP contribution < -0.4 is 10.1 Å². The number of unbranched alkanes of at least 4 members (excludes halogenated alkanes) is 2. The van der Waals surface area contributed by atoms with Crippen LogP contribution in [0.1, 0.15) is 49.3 Å². The van der Waals surface area contributed by atoms with Gasteiger partial charge in [-0.15, -0.1) is 0 Å². The van der Waals surface area contributed by atoms with Crippen LogP contribution in [0.5, 0.6) is 5.75 Å². The maximum absolute atomic E-state index is 8.50. The summed E-state index contributed by atoms with van der Waals surface area (Å²) in [6.45, 7) is 0.711. The van der Waals surface area contributed by atoms with Gasteiger partial charge in [-0.05, 0) is 56.3 Å². The van der Waals surface area contributed by atoms with E-state index in [0.717, 1.165) is 25.0 Å². The van der Waals surface area contributed by atoms with Crippen LogP contribution in [0.2, 0.25) is 0 Å². The van der Waals surface area contributed by atoms with Crippen molar-refractivity contribution in [2.75, 3.05) is 13.7 Å². The van der Waals surface area contributed by atoms with Crippen molar-refractivity contribution >= 4 is 0 Å². The standard InChI is InChI=1S/C16H22N2O/c1-18-15-9-5-8-14-13(15)7-6-10-16(14)19-12-4-2-3-11-17/h6-7,10,15,18H,2-5,8-9,12H2,1H3. The fraction of sp³-hybridized carbons (Fsp3) is 0.562. The lowest BCUT2D eigenvalue weighted by molar-refractivity contribution is 0.301. The number of ether oxygens (including phenoxy) is 1. The highest BCUT2D eigenvalue weighted by Crippen LogP contribution is 2.35. The maximum atomic E-state index is 8.50. The first kappa shape index (κ1) is 13.9. The fourth-order valence-corrected chi connectivity index (χ4v) is 2.74. The molecule has 102 valence electrons. The minimum Gasteiger partial charge on any atom is -0.493 e. The van der Waals surface area contributed by atoms with Crippen molar-refractivity contribution in [1.82, 2.24) is 5.32 Å². The molecule has 0 aliphatic heterocycles. The molecule has 0 amide bonds. The molecular weight excluding hydrogens is 236 g/mol. The molecule has 1 aromatic carbocycles. The predicted octanol–water partition coefficient (Wildman–Crippen LogP) is 3.36. The number of rotatable bonds is 6. The zero-order valence-electron chi connectivity index (χ0n) is 11.6. The Hall–Kier alpha value is -1.53. The molecule has 0 aromatic heterocycles. The van der Waals surface area contributed by atoms with Crippen molar-refractivity contribution in [3.05, 3.63) is 29.3 Å². The highest BCUT2D eigenvalue weighted by molar-refractivity contribution is 5.43. The van der Waals surface area contributed by atoms with E-state index in [2.05, 4.69) is 29.6 Å². The first-order chi connectivity index (χ1) is 9.36. The Balaban J connectivity index is 2.00. The summed E-state index contributed by atoms with van der Waals surface area (Å²) in [6, 6.07) is 8.99. The molecule has 0 bridgehead atoms. The lowest BCUT2D eigenvalue weighted by Gasteiger charge is -2.26. The number of nitrogens with one attached hydrogen (secondary N) is 1. The molecule has 1 aromatic rings. The zero-order chi connectivity index (χ0) is 13.5. The number of benzene rings is 1. The van der Waals surface area contributed by atoms with Crippen molar-refractivity contribution in [2.45, 2.75) is 44.6 Å². The summed E-state index contributed by atoms with van der Waals surface area (Å²) in [5, 5.41) is 11.9. The van der Waals surface area contributed by atoms with Crippen LogP contribution in [-0.2, 0) is 6.42 Å². The van der Waals surface area contributed by atoms with Crippen molar-refractivity contribution in [3.63, 3.8) is 0 Å². The molecule has 0 spiro atoms. The second-order valence-corrected chi connectivity index (χ2v) is 5.02. The van der Waals surface area contributed by atoms with Crippen LogP contribution in [0.25, 0.3) is 0 Å². The van der Waals surface area contributed by atoms with Gasteiger partial charge in [0.15, 0.2) is 0 Å². The maximum Gasteiger partial charge on any atom is 0.122 e. The van der Waals surface area contributed by atoms with Crippen molar-refractivity contribution in [2.24, 2.45) is 0 Å². The van der Waals surface area contributed by atoms with Gasteiger partial charge in [-0.1, -0.05) is 12.1 Å². The van der Waals surface area contributed by atoms with E-state index in [-0.39, 0.29) is 0 Å². The average molecular weight is 258 g/mol. The molecule has 0 radical (unpaired) electrons. The first-order valence-electron chi connectivity index (χ1n) is 7.15. The SMILES string of the molecule is CNC1CCCc2c(OCCCCC#N)cccc21. The Bertz CT molecular complexity index is 451. The van der Waals surface area contributed by atoms with Gasteiger partial charge in [0.05, 0.1) is 12.7 Å². The van der Waals surface area contributed by atoms with E-state index in [4.69, 9.17) is 10.00 Å². The monoisotopic (exact) mass is 258 g/mol. The van der Waals surface area contributed by atoms with E-state index < -0.39 is 0 Å². The lowest BCUT2D eigenvalue weighted by atomic mass is 9.87. The molecule has 0 heterocycles. The quantitative estimate of drug-likeness (QED) is 0.796. The summed E-state index contributed by atoms with van der Waals surface area (Å²) in [4.78, 5) is 0. The number of fused-ring (bicyclic) bond motifs is 1. The van der Waals surface area contributed by atoms with Crippen molar-refractivity contribution < 1.29 is 4.74 Å². The third kappa shape index (κ3) is 3.48. The molecule has 1 N–H and O–H groups in total. The summed E-state index contributed by atoms with van der Waals surface area (Å²) in [5.41, 5.74) is 2.76. The molecule has 1 aliphatic rings. The Morgan fingerprint density at radius 1 is 1.42 bits per heavy atom. The van der Waals surface area contributed by atoms with Gasteiger partial charge >= 0.3 is 0 Å². The summed E-state index contributed by atoms with van der Waals surface area (Å²) in [7, 11) is 2.02. The van der Waals surface area contributed by atoms with E-state index in [0.29, 0.717) is 19.1 Å². The third-order valence-corrected chi connectivity index (χ3v) is 3.75. The van der Waals surface area contributed by atoms with Gasteiger partial charge in [0.2, 0.25) is 0 Å². The van der Waals surface area contributed by atoms with Gasteiger partial charge in [0.1, 0.15) is 5.75 Å². The van der Waals surface area contributed by atoms with Gasteiger partial charge in [0, 0.05) is 12.5 Å². The van der Waals surface area contributed by atoms with Crippen LogP contribution in [-0.4, -0.2) is 13.7 Å². The topological polar surface area (TPSA) is 45.0 Å². The van der Waals surface area contributed by atoms with Crippen LogP contribution in [0, 0.1) is 11.3 Å². The van der Waals surface area contributed by atoms with Crippen LogP contribution >= 0.6 is 0 Å². The minimum absolute atomic E-state index is 0.464. The lowest BCUT2D eigenvalue weighted by Crippen LogP contribution is -2.22. The molecule has 1 aliphatic carbocycles. The molecule has 0 fully saturated rings. The summed E-state index contributed by atoms with van der Waals surface area (Å²) in [6.07, 6.45) is 6.03. The molecule has 1 unspecified atom stereocenters. The first-order valence-corrected chi connectivity index (χ1v) is 7.15. The Kier molecular flexibility index (Phi) is 5.23. The highest BCUT2D eigenvalue weighted by Gasteiger charge is 2.21. The number of nitrogens with zero attached hydrogens (tertiary/aromatic N) is 1. The highest BCUT2D eigenvalue weighted by atomic mass is 16.5. The van der Waals surface area contributed by atoms with Crippen LogP contribution in [0.15, 0.2) is 18.2 Å². The summed E-state index contributed by atoms with van der Waals surface area (Å²) >= 11 is 0. The molecular formula is C16H22N2O. The molecule has 2 rings (SSSR count). The smallest absolute Gasteiger partial charge is 0.122 e. The van der Waals surface area contributed by atoms with Crippen molar-refractivity contribution in [3.8, 4) is 11.8 Å². The van der Waals surface area contributed by atoms with Gasteiger partial charge in [-0.3, -0.25) is 0 Å². The zero-order valence-corrected chi connectivity index (χ0v) is 11.6. The second-order valence-electron chi connectivity index (χ2n) is 5.02. The fourth-order valence-electron chi connectivity index (χ4n) is 2.74. The summed E-state index contributed by atoms with van der Waals surface area (Å²) in [5.74, 6) is 1.04. The van der Waals surface area contributed by atoms with Gasteiger partial charge in [-0.2, -0.15) is 5.26 Å². The predicted molar refractivity (Wildman–Crippen MR) is 76.1 cm³/mol. The molecule has 0 saturated heterocycles. The molecule has 1 atom stereocenters. The van der Waals surface area contributed by atoms with E-state index in [9.17, 15) is 0 Å². The Labute approximate surface area is 115 Å². The van der Waals surface area contributed by atoms with E-state index in [1.165, 1.54) is 24.0 Å². The van der Waals surface area contributed by atoms with Crippen LogP contribution in [0.3, 0.4) is 0 Å². The molecule has 0 saturated carbocycles. The number of hydrogen-bond donors (Lipinski definition) is 1. The largest absolute Gasteiger partial charge is 0.493 e. The third-order valence-electron chi connectivity index (χ3n) is 3.75. The summed E-state index contributed by atoms with van der Waals surface area (Å²) < 4.78 is 5.91. The van der Waals surface area contributed by atoms with Gasteiger partial charge < -0.3 is 10.1 Å². The average Bonchev–Trinajstić information content (AvgIpc) is 2.46. The molecule has 3 heteroatoms. The van der Waals surface area contributed by atoms with E-state index in [1.807, 2.05) is 7.05 Å². The number of nitriles is 1. The van der Waals surface area contributed by atoms with E-state index in [1.54, 1.807) is 0 Å². The van der Waals surface area contributed by atoms with Gasteiger partial charge in [0.25, 0.3) is 0 Å². The van der Waals surface area contributed by atoms with Gasteiger partial charge in [-0.25, -0.2) is 0 Å². The number of hydrogen-bond acceptors (Lipinski definition) is 3. The van der Waals surface area contributed by atoms with E-state index >= 15 is 0 Å². The minimum atomic E-state index is 0.464. The Morgan fingerprint density at radius 2 is 2.32 bits per heavy atom. The van der Waals surface area contributed by atoms with Crippen LogP contribution in [0.4, 0.5) is 0 Å². The molecule has 19 heavy (non-hydrogen) atoms. The van der Waals surface area contributed by atoms with Crippen molar-refractivity contribution in [1.29, 1.82) is 5.26 Å². The Morgan fingerprint density at radius 3 is 3.11 bits per heavy atom.